The Morgan fingerprint density at radius 2 is 1.75 bits per heavy atom. The summed E-state index contributed by atoms with van der Waals surface area (Å²) >= 11 is 3.46. The molecule has 2 fully saturated rings. The molecule has 1 aromatic carbocycles. The van der Waals surface area contributed by atoms with Crippen LogP contribution in [0.5, 0.6) is 11.5 Å². The lowest BCUT2D eigenvalue weighted by Crippen LogP contribution is -2.36. The fourth-order valence-electron chi connectivity index (χ4n) is 5.36. The molecule has 1 aromatic heterocycles. The van der Waals surface area contributed by atoms with E-state index in [9.17, 15) is 9.90 Å². The number of carbonyl (C=O) groups excluding carboxylic acids is 1. The van der Waals surface area contributed by atoms with Crippen LogP contribution >= 0.6 is 15.9 Å². The SMILES string of the molecule is COc1cc(Br)c(O)c(-c2cc(C(=O)NC3CCCCC3)c(C)n2CC2CCCCC2)c1. The van der Waals surface area contributed by atoms with E-state index in [4.69, 9.17) is 4.74 Å². The molecule has 0 saturated heterocycles. The highest BCUT2D eigenvalue weighted by atomic mass is 79.9. The van der Waals surface area contributed by atoms with Crippen molar-refractivity contribution in [2.45, 2.75) is 83.7 Å². The third kappa shape index (κ3) is 5.00. The molecule has 174 valence electrons. The molecule has 5 nitrogen and oxygen atoms in total. The Kier molecular flexibility index (Phi) is 7.49. The average molecular weight is 503 g/mol. The number of nitrogens with zero attached hydrogens (tertiary/aromatic N) is 1. The molecule has 0 atom stereocenters. The van der Waals surface area contributed by atoms with Crippen LogP contribution in [0.3, 0.4) is 0 Å². The van der Waals surface area contributed by atoms with Gasteiger partial charge in [0.2, 0.25) is 0 Å². The van der Waals surface area contributed by atoms with Crippen LogP contribution in [0, 0.1) is 12.8 Å². The van der Waals surface area contributed by atoms with Gasteiger partial charge in [-0.2, -0.15) is 0 Å². The summed E-state index contributed by atoms with van der Waals surface area (Å²) in [5.41, 5.74) is 3.24. The van der Waals surface area contributed by atoms with Gasteiger partial charge in [-0.05, 0) is 72.7 Å². The maximum absolute atomic E-state index is 13.3. The van der Waals surface area contributed by atoms with Crippen molar-refractivity contribution in [3.8, 4) is 22.8 Å². The third-order valence-electron chi connectivity index (χ3n) is 7.27. The van der Waals surface area contributed by atoms with Gasteiger partial charge in [0, 0.05) is 23.8 Å². The Morgan fingerprint density at radius 3 is 2.41 bits per heavy atom. The zero-order valence-electron chi connectivity index (χ0n) is 19.3. The van der Waals surface area contributed by atoms with E-state index in [-0.39, 0.29) is 17.7 Å². The van der Waals surface area contributed by atoms with Crippen molar-refractivity contribution in [3.63, 3.8) is 0 Å². The normalized spacial score (nSPS) is 18.0. The van der Waals surface area contributed by atoms with E-state index >= 15 is 0 Å². The van der Waals surface area contributed by atoms with Gasteiger partial charge in [0.15, 0.2) is 0 Å². The summed E-state index contributed by atoms with van der Waals surface area (Å²) in [6, 6.07) is 5.84. The van der Waals surface area contributed by atoms with Gasteiger partial charge in [-0.25, -0.2) is 0 Å². The Bertz CT molecular complexity index is 956. The molecule has 0 radical (unpaired) electrons. The average Bonchev–Trinajstić information content (AvgIpc) is 3.13. The first-order valence-electron chi connectivity index (χ1n) is 12.1. The molecule has 6 heteroatoms. The number of hydrogen-bond acceptors (Lipinski definition) is 3. The summed E-state index contributed by atoms with van der Waals surface area (Å²) in [5.74, 6) is 1.44. The van der Waals surface area contributed by atoms with E-state index in [1.165, 1.54) is 51.4 Å². The van der Waals surface area contributed by atoms with E-state index in [2.05, 4.69) is 25.8 Å². The minimum atomic E-state index is -0.000467. The number of halogens is 1. The third-order valence-corrected chi connectivity index (χ3v) is 7.87. The molecular weight excluding hydrogens is 468 g/mol. The van der Waals surface area contributed by atoms with Crippen LogP contribution in [0.4, 0.5) is 0 Å². The molecule has 1 heterocycles. The van der Waals surface area contributed by atoms with Gasteiger partial charge in [-0.1, -0.05) is 38.5 Å². The number of hydrogen-bond donors (Lipinski definition) is 2. The van der Waals surface area contributed by atoms with Crippen molar-refractivity contribution in [2.75, 3.05) is 7.11 Å². The first kappa shape index (κ1) is 23.2. The van der Waals surface area contributed by atoms with Crippen molar-refractivity contribution in [1.82, 2.24) is 9.88 Å². The number of benzene rings is 1. The fourth-order valence-corrected chi connectivity index (χ4v) is 5.80. The maximum Gasteiger partial charge on any atom is 0.253 e. The number of ether oxygens (including phenoxy) is 1. The Balaban J connectivity index is 1.73. The summed E-state index contributed by atoms with van der Waals surface area (Å²) in [5, 5.41) is 14.2. The minimum absolute atomic E-state index is 0.000467. The number of rotatable bonds is 6. The predicted molar refractivity (Wildman–Crippen MR) is 131 cm³/mol. The highest BCUT2D eigenvalue weighted by Crippen LogP contribution is 2.41. The van der Waals surface area contributed by atoms with Crippen LogP contribution in [0.2, 0.25) is 0 Å². The smallest absolute Gasteiger partial charge is 0.253 e. The maximum atomic E-state index is 13.3. The van der Waals surface area contributed by atoms with Crippen molar-refractivity contribution in [3.05, 3.63) is 33.9 Å². The van der Waals surface area contributed by atoms with E-state index in [0.717, 1.165) is 30.8 Å². The largest absolute Gasteiger partial charge is 0.506 e. The lowest BCUT2D eigenvalue weighted by Gasteiger charge is -2.25. The van der Waals surface area contributed by atoms with Crippen LogP contribution in [-0.2, 0) is 6.54 Å². The molecule has 0 unspecified atom stereocenters. The molecule has 2 saturated carbocycles. The summed E-state index contributed by atoms with van der Waals surface area (Å²) in [6.07, 6.45) is 12.0. The number of phenolic OH excluding ortho intramolecular Hbond substituents is 1. The zero-order chi connectivity index (χ0) is 22.7. The van der Waals surface area contributed by atoms with E-state index in [1.54, 1.807) is 13.2 Å². The Hall–Kier alpha value is -1.95. The van der Waals surface area contributed by atoms with Crippen molar-refractivity contribution in [2.24, 2.45) is 5.92 Å². The summed E-state index contributed by atoms with van der Waals surface area (Å²) in [4.78, 5) is 13.3. The molecule has 2 N–H and O–H groups in total. The molecule has 32 heavy (non-hydrogen) atoms. The van der Waals surface area contributed by atoms with Crippen LogP contribution < -0.4 is 10.1 Å². The van der Waals surface area contributed by atoms with Gasteiger partial charge in [0.1, 0.15) is 11.5 Å². The summed E-state index contributed by atoms with van der Waals surface area (Å²) < 4.78 is 8.29. The quantitative estimate of drug-likeness (QED) is 0.468. The van der Waals surface area contributed by atoms with Crippen LogP contribution in [-0.4, -0.2) is 28.7 Å². The number of aromatic hydroxyl groups is 1. The first-order valence-corrected chi connectivity index (χ1v) is 12.8. The number of phenols is 1. The van der Waals surface area contributed by atoms with Crippen molar-refractivity contribution < 1.29 is 14.6 Å². The van der Waals surface area contributed by atoms with Gasteiger partial charge in [-0.15, -0.1) is 0 Å². The Morgan fingerprint density at radius 1 is 1.09 bits per heavy atom. The summed E-state index contributed by atoms with van der Waals surface area (Å²) in [7, 11) is 1.62. The van der Waals surface area contributed by atoms with Crippen LogP contribution in [0.1, 0.15) is 80.3 Å². The van der Waals surface area contributed by atoms with Crippen LogP contribution in [0.25, 0.3) is 11.3 Å². The lowest BCUT2D eigenvalue weighted by atomic mass is 9.89. The fraction of sp³-hybridized carbons (Fsp3) is 0.577. The van der Waals surface area contributed by atoms with E-state index in [1.807, 2.05) is 19.1 Å². The summed E-state index contributed by atoms with van der Waals surface area (Å²) in [6.45, 7) is 2.90. The second-order valence-electron chi connectivity index (χ2n) is 9.46. The highest BCUT2D eigenvalue weighted by molar-refractivity contribution is 9.10. The second kappa shape index (κ2) is 10.3. The van der Waals surface area contributed by atoms with E-state index < -0.39 is 0 Å². The zero-order valence-corrected chi connectivity index (χ0v) is 20.8. The standard InChI is InChI=1S/C26H35BrN2O3/c1-17-21(26(31)28-19-11-7-4-8-12-19)15-24(29(17)16-18-9-5-3-6-10-18)22-13-20(32-2)14-23(27)25(22)30/h13-15,18-19,30H,3-12,16H2,1-2H3,(H,28,31). The molecule has 2 aliphatic rings. The van der Waals surface area contributed by atoms with Crippen molar-refractivity contribution in [1.29, 1.82) is 0 Å². The molecule has 1 amide bonds. The van der Waals surface area contributed by atoms with Gasteiger partial charge in [-0.3, -0.25) is 4.79 Å². The topological polar surface area (TPSA) is 63.5 Å². The Labute approximate surface area is 199 Å². The molecule has 2 aromatic rings. The second-order valence-corrected chi connectivity index (χ2v) is 10.3. The van der Waals surface area contributed by atoms with Crippen LogP contribution in [0.15, 0.2) is 22.7 Å². The van der Waals surface area contributed by atoms with Gasteiger partial charge < -0.3 is 19.7 Å². The van der Waals surface area contributed by atoms with Gasteiger partial charge >= 0.3 is 0 Å². The minimum Gasteiger partial charge on any atom is -0.506 e. The monoisotopic (exact) mass is 502 g/mol. The molecule has 0 aliphatic heterocycles. The number of aromatic nitrogens is 1. The van der Waals surface area contributed by atoms with Crippen molar-refractivity contribution >= 4 is 21.8 Å². The molecule has 0 spiro atoms. The molecular formula is C26H35BrN2O3. The first-order chi connectivity index (χ1) is 15.5. The number of methoxy groups -OCH3 is 1. The number of amides is 1. The number of carbonyl (C=O) groups is 1. The lowest BCUT2D eigenvalue weighted by molar-refractivity contribution is 0.0927. The van der Waals surface area contributed by atoms with Gasteiger partial charge in [0.05, 0.1) is 22.8 Å². The molecule has 4 rings (SSSR count). The molecule has 2 aliphatic carbocycles. The van der Waals surface area contributed by atoms with E-state index in [0.29, 0.717) is 27.3 Å². The molecule has 0 bridgehead atoms. The van der Waals surface area contributed by atoms with Gasteiger partial charge in [0.25, 0.3) is 5.91 Å². The predicted octanol–water partition coefficient (Wildman–Crippen LogP) is 6.58. The number of nitrogens with one attached hydrogen (secondary N) is 1. The highest BCUT2D eigenvalue weighted by Gasteiger charge is 2.25.